The van der Waals surface area contributed by atoms with Gasteiger partial charge < -0.3 is 16.4 Å². The molecule has 5 heteroatoms. The second-order valence-electron chi connectivity index (χ2n) is 7.06. The average Bonchev–Trinajstić information content (AvgIpc) is 3.46. The van der Waals surface area contributed by atoms with E-state index in [1.807, 2.05) is 43.3 Å². The van der Waals surface area contributed by atoms with E-state index in [1.54, 1.807) is 0 Å². The number of carbonyl (C=O) groups excluding carboxylic acids is 1. The lowest BCUT2D eigenvalue weighted by molar-refractivity contribution is -0.111. The highest BCUT2D eigenvalue weighted by atomic mass is 16.1. The number of nitrogens with two attached hydrogens (primary N) is 1. The van der Waals surface area contributed by atoms with E-state index >= 15 is 0 Å². The molecule has 1 aliphatic rings. The van der Waals surface area contributed by atoms with Crippen molar-refractivity contribution in [1.29, 1.82) is 0 Å². The Labute approximate surface area is 160 Å². The Bertz CT molecular complexity index is 884. The molecule has 5 nitrogen and oxygen atoms in total. The first-order chi connectivity index (χ1) is 12.9. The monoisotopic (exact) mass is 362 g/mol. The Morgan fingerprint density at radius 1 is 1.33 bits per heavy atom. The van der Waals surface area contributed by atoms with Crippen molar-refractivity contribution in [3.63, 3.8) is 0 Å². The molecule has 1 atom stereocenters. The quantitative estimate of drug-likeness (QED) is 0.644. The zero-order chi connectivity index (χ0) is 19.4. The number of carbonyl (C=O) groups is 1. The van der Waals surface area contributed by atoms with Crippen molar-refractivity contribution in [1.82, 2.24) is 4.98 Å². The summed E-state index contributed by atoms with van der Waals surface area (Å²) in [5.74, 6) is 1.13. The number of nitrogens with zero attached hydrogens (tertiary/aromatic N) is 1. The van der Waals surface area contributed by atoms with E-state index in [-0.39, 0.29) is 11.9 Å². The lowest BCUT2D eigenvalue weighted by Gasteiger charge is -2.14. The molecule has 1 saturated carbocycles. The molecule has 1 amide bonds. The fourth-order valence-corrected chi connectivity index (χ4v) is 2.96. The van der Waals surface area contributed by atoms with Gasteiger partial charge >= 0.3 is 0 Å². The number of aromatic nitrogens is 1. The Balaban J connectivity index is 1.80. The van der Waals surface area contributed by atoms with Crippen molar-refractivity contribution in [2.45, 2.75) is 32.7 Å². The summed E-state index contributed by atoms with van der Waals surface area (Å²) in [6, 6.07) is 11.8. The van der Waals surface area contributed by atoms with E-state index in [0.717, 1.165) is 28.3 Å². The molecule has 4 N–H and O–H groups in total. The molecule has 1 aromatic heterocycles. The molecule has 140 valence electrons. The number of nitrogens with one attached hydrogen (secondary N) is 2. The molecule has 0 spiro atoms. The van der Waals surface area contributed by atoms with Crippen molar-refractivity contribution in [2.24, 2.45) is 11.7 Å². The molecule has 1 heterocycles. The van der Waals surface area contributed by atoms with Crippen LogP contribution in [-0.4, -0.2) is 16.9 Å². The normalized spacial score (nSPS) is 15.1. The minimum Gasteiger partial charge on any atom is -0.402 e. The van der Waals surface area contributed by atoms with Gasteiger partial charge in [0, 0.05) is 23.0 Å². The lowest BCUT2D eigenvalue weighted by Crippen LogP contribution is -2.16. The number of aryl methyl sites for hydroxylation is 1. The van der Waals surface area contributed by atoms with Crippen LogP contribution in [0.1, 0.15) is 25.3 Å². The molecule has 3 rings (SSSR count). The maximum atomic E-state index is 11.5. The van der Waals surface area contributed by atoms with E-state index in [9.17, 15) is 4.79 Å². The maximum absolute atomic E-state index is 11.5. The zero-order valence-electron chi connectivity index (χ0n) is 15.8. The van der Waals surface area contributed by atoms with Gasteiger partial charge in [0.2, 0.25) is 5.91 Å². The van der Waals surface area contributed by atoms with Crippen LogP contribution in [-0.2, 0) is 4.79 Å². The molecule has 27 heavy (non-hydrogen) atoms. The van der Waals surface area contributed by atoms with Crippen LogP contribution in [0.25, 0.3) is 11.3 Å². The zero-order valence-corrected chi connectivity index (χ0v) is 15.8. The average molecular weight is 362 g/mol. The summed E-state index contributed by atoms with van der Waals surface area (Å²) in [5.41, 5.74) is 10.7. The highest BCUT2D eigenvalue weighted by Gasteiger charge is 2.24. The van der Waals surface area contributed by atoms with E-state index in [2.05, 4.69) is 30.2 Å². The van der Waals surface area contributed by atoms with Gasteiger partial charge in [-0.3, -0.25) is 4.79 Å². The van der Waals surface area contributed by atoms with E-state index < -0.39 is 0 Å². The molecule has 0 bridgehead atoms. The first-order valence-electron chi connectivity index (χ1n) is 9.21. The Kier molecular flexibility index (Phi) is 5.60. The summed E-state index contributed by atoms with van der Waals surface area (Å²) in [5, 5.41) is 6.19. The number of anilines is 2. The number of pyridine rings is 1. The van der Waals surface area contributed by atoms with Crippen LogP contribution in [0.4, 0.5) is 11.5 Å². The molecule has 0 radical (unpaired) electrons. The molecule has 1 fully saturated rings. The van der Waals surface area contributed by atoms with Gasteiger partial charge in [0.15, 0.2) is 0 Å². The molecule has 0 aliphatic heterocycles. The maximum Gasteiger partial charge on any atom is 0.247 e. The Hall–Kier alpha value is -3.08. The van der Waals surface area contributed by atoms with Crippen LogP contribution >= 0.6 is 0 Å². The summed E-state index contributed by atoms with van der Waals surface area (Å²) in [7, 11) is 0. The van der Waals surface area contributed by atoms with Crippen LogP contribution in [0.5, 0.6) is 0 Å². The van der Waals surface area contributed by atoms with Gasteiger partial charge in [0.25, 0.3) is 0 Å². The molecule has 1 aliphatic carbocycles. The number of rotatable bonds is 7. The SMILES string of the molecule is C=CC(=O)Nc1cccc(-c2cc(C)cc(NC(C)/C=C(\N)C3CC3)n2)c1. The van der Waals surface area contributed by atoms with Crippen LogP contribution in [0.2, 0.25) is 0 Å². The van der Waals surface area contributed by atoms with E-state index in [0.29, 0.717) is 11.6 Å². The highest BCUT2D eigenvalue weighted by Crippen LogP contribution is 2.34. The van der Waals surface area contributed by atoms with Crippen molar-refractivity contribution in [3.05, 3.63) is 66.4 Å². The van der Waals surface area contributed by atoms with E-state index in [1.165, 1.54) is 18.9 Å². The van der Waals surface area contributed by atoms with Gasteiger partial charge in [-0.2, -0.15) is 0 Å². The largest absolute Gasteiger partial charge is 0.402 e. The third kappa shape index (κ3) is 5.20. The number of hydrogen-bond acceptors (Lipinski definition) is 4. The molecular weight excluding hydrogens is 336 g/mol. The van der Waals surface area contributed by atoms with Crippen LogP contribution < -0.4 is 16.4 Å². The smallest absolute Gasteiger partial charge is 0.247 e. The first-order valence-corrected chi connectivity index (χ1v) is 9.21. The molecule has 0 saturated heterocycles. The third-order valence-corrected chi connectivity index (χ3v) is 4.45. The van der Waals surface area contributed by atoms with Gasteiger partial charge in [-0.15, -0.1) is 0 Å². The summed E-state index contributed by atoms with van der Waals surface area (Å²) in [4.78, 5) is 16.3. The molecular formula is C22H26N4O. The van der Waals surface area contributed by atoms with Gasteiger partial charge in [-0.25, -0.2) is 4.98 Å². The lowest BCUT2D eigenvalue weighted by atomic mass is 10.1. The van der Waals surface area contributed by atoms with Crippen molar-refractivity contribution in [2.75, 3.05) is 10.6 Å². The van der Waals surface area contributed by atoms with Crippen molar-refractivity contribution >= 4 is 17.4 Å². The summed E-state index contributed by atoms with van der Waals surface area (Å²) in [6.45, 7) is 7.59. The minimum absolute atomic E-state index is 0.103. The van der Waals surface area contributed by atoms with Crippen molar-refractivity contribution in [3.8, 4) is 11.3 Å². The summed E-state index contributed by atoms with van der Waals surface area (Å²) in [6.07, 6.45) is 5.72. The number of amides is 1. The van der Waals surface area contributed by atoms with E-state index in [4.69, 9.17) is 10.7 Å². The van der Waals surface area contributed by atoms with Gasteiger partial charge in [0.05, 0.1) is 5.69 Å². The second-order valence-corrected chi connectivity index (χ2v) is 7.06. The number of hydrogen-bond donors (Lipinski definition) is 3. The molecule has 1 aromatic carbocycles. The number of benzene rings is 1. The minimum atomic E-state index is -0.236. The summed E-state index contributed by atoms with van der Waals surface area (Å²) < 4.78 is 0. The van der Waals surface area contributed by atoms with Gasteiger partial charge in [-0.1, -0.05) is 18.7 Å². The van der Waals surface area contributed by atoms with Crippen molar-refractivity contribution < 1.29 is 4.79 Å². The fraction of sp³-hybridized carbons (Fsp3) is 0.273. The third-order valence-electron chi connectivity index (χ3n) is 4.45. The van der Waals surface area contributed by atoms with Crippen LogP contribution in [0.15, 0.2) is 60.8 Å². The predicted octanol–water partition coefficient (Wildman–Crippen LogP) is 4.23. The van der Waals surface area contributed by atoms with Crippen LogP contribution in [0, 0.1) is 12.8 Å². The first kappa shape index (κ1) is 18.7. The van der Waals surface area contributed by atoms with Gasteiger partial charge in [0.1, 0.15) is 5.82 Å². The highest BCUT2D eigenvalue weighted by molar-refractivity contribution is 5.99. The van der Waals surface area contributed by atoms with Gasteiger partial charge in [-0.05, 0) is 74.6 Å². The topological polar surface area (TPSA) is 80.0 Å². The summed E-state index contributed by atoms with van der Waals surface area (Å²) >= 11 is 0. The molecule has 1 unspecified atom stereocenters. The second kappa shape index (κ2) is 8.08. The fourth-order valence-electron chi connectivity index (χ4n) is 2.96. The Morgan fingerprint density at radius 3 is 2.81 bits per heavy atom. The van der Waals surface area contributed by atoms with Crippen LogP contribution in [0.3, 0.4) is 0 Å². The molecule has 2 aromatic rings. The predicted molar refractivity (Wildman–Crippen MR) is 111 cm³/mol. The standard InChI is InChI=1S/C22H26N4O/c1-4-22(27)25-18-7-5-6-17(13-18)20-10-14(2)11-21(26-20)24-15(3)12-19(23)16-8-9-16/h4-7,10-13,15-16H,1,8-9,23H2,2-3H3,(H,24,26)(H,25,27)/b19-12-. The Morgan fingerprint density at radius 2 is 2.11 bits per heavy atom. The number of allylic oxidation sites excluding steroid dienone is 1.